The minimum absolute atomic E-state index is 0.0550. The molecule has 0 spiro atoms. The number of likely N-dealkylation sites (N-methyl/N-ethyl adjacent to an activating group) is 1. The Kier molecular flexibility index (Phi) is 9.21. The van der Waals surface area contributed by atoms with Crippen LogP contribution in [0, 0.1) is 0 Å². The molecule has 0 aromatic heterocycles. The summed E-state index contributed by atoms with van der Waals surface area (Å²) >= 11 is 0. The van der Waals surface area contributed by atoms with E-state index in [2.05, 4.69) is 27.4 Å². The molecule has 0 radical (unpaired) electrons. The number of carbonyl (C=O) groups is 1. The smallest absolute Gasteiger partial charge is 0.239 e. The van der Waals surface area contributed by atoms with Gasteiger partial charge >= 0.3 is 0 Å². The standard InChI is InChI=1S/C18H37N5O2/c1-7-19-17(21-14-18(2,3)25-6)20-11-9-13-23-12-8-10-15(23)16(24)22(4)5/h15H,7-14H2,1-6H3,(H2,19,20,21). The van der Waals surface area contributed by atoms with E-state index in [9.17, 15) is 4.79 Å². The van der Waals surface area contributed by atoms with E-state index >= 15 is 0 Å². The summed E-state index contributed by atoms with van der Waals surface area (Å²) in [5, 5.41) is 6.63. The Hall–Kier alpha value is -1.34. The Morgan fingerprint density at radius 1 is 1.36 bits per heavy atom. The highest BCUT2D eigenvalue weighted by Crippen LogP contribution is 2.18. The number of hydrogen-bond donors (Lipinski definition) is 2. The zero-order valence-corrected chi connectivity index (χ0v) is 16.9. The quantitative estimate of drug-likeness (QED) is 0.365. The molecule has 0 aromatic rings. The molecule has 7 heteroatoms. The summed E-state index contributed by atoms with van der Waals surface area (Å²) in [5.41, 5.74) is -0.266. The first-order valence-corrected chi connectivity index (χ1v) is 9.33. The van der Waals surface area contributed by atoms with E-state index in [0.29, 0.717) is 6.54 Å². The van der Waals surface area contributed by atoms with Crippen LogP contribution in [0.15, 0.2) is 4.99 Å². The highest BCUT2D eigenvalue weighted by Gasteiger charge is 2.30. The Bertz CT molecular complexity index is 437. The van der Waals surface area contributed by atoms with Crippen molar-refractivity contribution in [1.82, 2.24) is 20.4 Å². The molecule has 146 valence electrons. The van der Waals surface area contributed by atoms with E-state index in [-0.39, 0.29) is 17.6 Å². The maximum Gasteiger partial charge on any atom is 0.239 e. The Morgan fingerprint density at radius 2 is 2.08 bits per heavy atom. The molecule has 0 aromatic carbocycles. The van der Waals surface area contributed by atoms with Crippen LogP contribution in [-0.2, 0) is 9.53 Å². The minimum atomic E-state index is -0.266. The zero-order chi connectivity index (χ0) is 18.9. The van der Waals surface area contributed by atoms with Gasteiger partial charge in [-0.3, -0.25) is 14.7 Å². The van der Waals surface area contributed by atoms with Gasteiger partial charge in [-0.05, 0) is 46.6 Å². The van der Waals surface area contributed by atoms with Crippen LogP contribution in [-0.4, -0.2) is 87.2 Å². The number of nitrogens with one attached hydrogen (secondary N) is 2. The molecule has 7 nitrogen and oxygen atoms in total. The number of guanidine groups is 1. The molecular weight excluding hydrogens is 318 g/mol. The lowest BCUT2D eigenvalue weighted by atomic mass is 10.1. The van der Waals surface area contributed by atoms with Crippen LogP contribution in [0.4, 0.5) is 0 Å². The Labute approximate surface area is 153 Å². The molecular formula is C18H37N5O2. The maximum atomic E-state index is 12.2. The summed E-state index contributed by atoms with van der Waals surface area (Å²) in [7, 11) is 5.37. The molecule has 1 aliphatic heterocycles. The second-order valence-electron chi connectivity index (χ2n) is 7.37. The molecule has 1 heterocycles. The molecule has 0 saturated carbocycles. The summed E-state index contributed by atoms with van der Waals surface area (Å²) in [5.74, 6) is 1.04. The van der Waals surface area contributed by atoms with Crippen molar-refractivity contribution in [2.75, 3.05) is 53.9 Å². The molecule has 1 atom stereocenters. The van der Waals surface area contributed by atoms with Crippen LogP contribution in [0.2, 0.25) is 0 Å². The first-order chi connectivity index (χ1) is 11.8. The number of nitrogens with zero attached hydrogens (tertiary/aromatic N) is 3. The predicted molar refractivity (Wildman–Crippen MR) is 103 cm³/mol. The van der Waals surface area contributed by atoms with E-state index in [1.165, 1.54) is 0 Å². The van der Waals surface area contributed by atoms with E-state index in [1.807, 2.05) is 27.9 Å². The van der Waals surface area contributed by atoms with Gasteiger partial charge in [0.2, 0.25) is 5.91 Å². The van der Waals surface area contributed by atoms with Gasteiger partial charge in [-0.15, -0.1) is 0 Å². The molecule has 0 aliphatic carbocycles. The fourth-order valence-corrected chi connectivity index (χ4v) is 2.84. The molecule has 2 N–H and O–H groups in total. The fourth-order valence-electron chi connectivity index (χ4n) is 2.84. The maximum absolute atomic E-state index is 12.2. The number of ether oxygens (including phenoxy) is 1. The van der Waals surface area contributed by atoms with Crippen molar-refractivity contribution in [2.24, 2.45) is 4.99 Å². The summed E-state index contributed by atoms with van der Waals surface area (Å²) in [6.45, 7) is 10.3. The van der Waals surface area contributed by atoms with E-state index in [1.54, 1.807) is 12.0 Å². The number of rotatable bonds is 9. The molecule has 1 unspecified atom stereocenters. The number of carbonyl (C=O) groups excluding carboxylic acids is 1. The largest absolute Gasteiger partial charge is 0.377 e. The van der Waals surface area contributed by atoms with Gasteiger partial charge in [0.05, 0.1) is 18.2 Å². The SMILES string of the molecule is CCNC(=NCC(C)(C)OC)NCCCN1CCCC1C(=O)N(C)C. The van der Waals surface area contributed by atoms with Crippen molar-refractivity contribution in [1.29, 1.82) is 0 Å². The summed E-state index contributed by atoms with van der Waals surface area (Å²) in [6, 6.07) is 0.0550. The number of hydrogen-bond acceptors (Lipinski definition) is 4. The third-order valence-corrected chi connectivity index (χ3v) is 4.52. The van der Waals surface area contributed by atoms with Gasteiger partial charge in [0, 0.05) is 40.8 Å². The van der Waals surface area contributed by atoms with Gasteiger partial charge in [-0.25, -0.2) is 0 Å². The van der Waals surface area contributed by atoms with Crippen molar-refractivity contribution in [2.45, 2.75) is 51.7 Å². The second-order valence-corrected chi connectivity index (χ2v) is 7.37. The van der Waals surface area contributed by atoms with Gasteiger partial charge < -0.3 is 20.3 Å². The first kappa shape index (κ1) is 21.7. The lowest BCUT2D eigenvalue weighted by Gasteiger charge is -2.26. The average Bonchev–Trinajstić information content (AvgIpc) is 3.04. The fraction of sp³-hybridized carbons (Fsp3) is 0.889. The molecule has 0 bridgehead atoms. The van der Waals surface area contributed by atoms with Gasteiger partial charge in [-0.1, -0.05) is 0 Å². The lowest BCUT2D eigenvalue weighted by molar-refractivity contribution is -0.133. The van der Waals surface area contributed by atoms with E-state index in [0.717, 1.165) is 51.4 Å². The summed E-state index contributed by atoms with van der Waals surface area (Å²) in [4.78, 5) is 20.8. The third-order valence-electron chi connectivity index (χ3n) is 4.52. The third kappa shape index (κ3) is 7.61. The number of amides is 1. The first-order valence-electron chi connectivity index (χ1n) is 9.33. The highest BCUT2D eigenvalue weighted by atomic mass is 16.5. The number of methoxy groups -OCH3 is 1. The molecule has 1 rings (SSSR count). The monoisotopic (exact) mass is 355 g/mol. The lowest BCUT2D eigenvalue weighted by Crippen LogP contribution is -2.44. The average molecular weight is 356 g/mol. The molecule has 1 aliphatic rings. The van der Waals surface area contributed by atoms with Crippen molar-refractivity contribution < 1.29 is 9.53 Å². The molecule has 1 fully saturated rings. The number of aliphatic imine (C=N–C) groups is 1. The van der Waals surface area contributed by atoms with E-state index in [4.69, 9.17) is 4.74 Å². The van der Waals surface area contributed by atoms with Crippen LogP contribution in [0.5, 0.6) is 0 Å². The normalized spacial score (nSPS) is 19.1. The highest BCUT2D eigenvalue weighted by molar-refractivity contribution is 5.81. The van der Waals surface area contributed by atoms with Crippen LogP contribution >= 0.6 is 0 Å². The van der Waals surface area contributed by atoms with Gasteiger partial charge in [-0.2, -0.15) is 0 Å². The molecule has 1 amide bonds. The minimum Gasteiger partial charge on any atom is -0.377 e. The molecule has 25 heavy (non-hydrogen) atoms. The van der Waals surface area contributed by atoms with Gasteiger partial charge in [0.25, 0.3) is 0 Å². The Morgan fingerprint density at radius 3 is 2.68 bits per heavy atom. The van der Waals surface area contributed by atoms with E-state index < -0.39 is 0 Å². The summed E-state index contributed by atoms with van der Waals surface area (Å²) < 4.78 is 5.41. The van der Waals surface area contributed by atoms with Crippen molar-refractivity contribution in [3.63, 3.8) is 0 Å². The van der Waals surface area contributed by atoms with Crippen LogP contribution in [0.1, 0.15) is 40.0 Å². The van der Waals surface area contributed by atoms with Crippen molar-refractivity contribution in [3.05, 3.63) is 0 Å². The predicted octanol–water partition coefficient (Wildman–Crippen LogP) is 0.909. The van der Waals surface area contributed by atoms with Gasteiger partial charge in [0.1, 0.15) is 0 Å². The second kappa shape index (κ2) is 10.6. The Balaban J connectivity index is 2.41. The molecule has 1 saturated heterocycles. The van der Waals surface area contributed by atoms with Gasteiger partial charge in [0.15, 0.2) is 5.96 Å². The van der Waals surface area contributed by atoms with Crippen molar-refractivity contribution in [3.8, 4) is 0 Å². The summed E-state index contributed by atoms with van der Waals surface area (Å²) in [6.07, 6.45) is 3.06. The van der Waals surface area contributed by atoms with Crippen LogP contribution < -0.4 is 10.6 Å². The van der Waals surface area contributed by atoms with Crippen LogP contribution in [0.25, 0.3) is 0 Å². The number of likely N-dealkylation sites (tertiary alicyclic amines) is 1. The topological polar surface area (TPSA) is 69.2 Å². The van der Waals surface area contributed by atoms with Crippen LogP contribution in [0.3, 0.4) is 0 Å². The zero-order valence-electron chi connectivity index (χ0n) is 16.9. The van der Waals surface area contributed by atoms with Crippen molar-refractivity contribution >= 4 is 11.9 Å².